The SMILES string of the molecule is CC(C)Cc1cc(-c2[c-]ccc(-c3cccc(C#N)c3)c2)ncc1-c1ccc([Si](C)(C)C)cc1.Cc1cc(-c2[c-]ccc(-c3ccccc3F)c2)ncc1-c1ccc([Si](C)(C)C)cc1.Cc1ccccc1-c1cc[c-]c(-c2cc(C)c(-c3ccc([Si](C)(C)C)cc3)cn2)c1.[Ir].[Ir].[Ir].[c-]1ccccc1-c1ccccn1.[c-]1ccccc1-c1ccccn1.[c-]1ccccc1-c1ccccn1. The average molecular weight is 2320 g/mol. The van der Waals surface area contributed by atoms with Crippen LogP contribution in [0.15, 0.2) is 383 Å². The first-order valence-electron chi connectivity index (χ1n) is 44.1. The molecule has 0 saturated heterocycles. The number of aryl methyl sites for hydroxylation is 3. The molecule has 0 aliphatic heterocycles. The van der Waals surface area contributed by atoms with Gasteiger partial charge in [0, 0.05) is 114 Å². The maximum Gasteiger partial charge on any atom is 0.129 e. The number of hydrogen-bond acceptors (Lipinski definition) is 7. The van der Waals surface area contributed by atoms with Gasteiger partial charge in [-0.3, -0.25) is 0 Å². The molecule has 0 saturated carbocycles. The number of halogens is 1. The molecule has 0 amide bonds. The molecule has 0 aliphatic rings. The van der Waals surface area contributed by atoms with Crippen molar-refractivity contribution < 1.29 is 64.7 Å². The molecule has 0 atom stereocenters. The van der Waals surface area contributed by atoms with Crippen LogP contribution in [0.2, 0.25) is 58.9 Å². The van der Waals surface area contributed by atoms with Crippen LogP contribution in [0.5, 0.6) is 0 Å². The van der Waals surface area contributed by atoms with Crippen molar-refractivity contribution in [3.8, 4) is 140 Å². The third kappa shape index (κ3) is 29.0. The molecule has 3 radical (unpaired) electrons. The standard InChI is InChI=1S/C31H31N2Si.C28H28NSi.C27H25FNSi.3C11H8N.3Ir/c1-22(2)16-28-19-31(33-21-30(28)24-12-14-29(15-13-24)34(3,4)5)27-11-7-10-26(18-27)25-9-6-8-23(17-25)20-32;1-20-9-6-7-12-26(20)23-10-8-11-24(18-23)28-17-21(2)27(19-29-28)22-13-15-25(16-14-22)30(3,4)5;1-19-16-27(22-9-7-8-21(17-22)24-10-5-6-11-26(24)28)29-18-25(19)20-12-14-23(15-13-20)30(2,3)4;3*1-2-6-10(7-3-1)11-8-4-5-9-12-11;;;/h6-10,12-15,17-19,21-22H,16H2,1-5H3;6-10,12-19H,1-5H3;5-8,10-18H,1-4H3;3*1-6,8-9H;;;/q6*-1;;;. The second-order valence-corrected chi connectivity index (χ2v) is 50.7. The summed E-state index contributed by atoms with van der Waals surface area (Å²) in [7, 11) is -3.92. The Hall–Kier alpha value is -12.4. The van der Waals surface area contributed by atoms with Crippen LogP contribution in [0.4, 0.5) is 4.39 Å². The molecule has 6 heterocycles. The second kappa shape index (κ2) is 49.3. The number of pyridine rings is 6. The molecule has 12 aromatic carbocycles. The van der Waals surface area contributed by atoms with E-state index in [1.165, 1.54) is 77.3 Å². The van der Waals surface area contributed by atoms with Gasteiger partial charge in [0.25, 0.3) is 0 Å². The molecule has 133 heavy (non-hydrogen) atoms. The fraction of sp³-hybridized carbons (Fsp3) is 0.134. The first-order chi connectivity index (χ1) is 62.8. The average Bonchev–Trinajstić information content (AvgIpc) is 0.802. The normalized spacial score (nSPS) is 10.7. The van der Waals surface area contributed by atoms with Gasteiger partial charge >= 0.3 is 0 Å². The zero-order chi connectivity index (χ0) is 91.6. The molecule has 0 spiro atoms. The van der Waals surface area contributed by atoms with Gasteiger partial charge in [0.15, 0.2) is 0 Å². The van der Waals surface area contributed by atoms with Gasteiger partial charge < -0.3 is 29.9 Å². The molecule has 18 rings (SSSR count). The largest absolute Gasteiger partial charge is 0.305 e. The van der Waals surface area contributed by atoms with E-state index in [9.17, 15) is 9.65 Å². The quantitative estimate of drug-likeness (QED) is 0.0661. The van der Waals surface area contributed by atoms with E-state index < -0.39 is 24.2 Å². The number of nitriles is 1. The summed E-state index contributed by atoms with van der Waals surface area (Å²) in [5, 5.41) is 13.7. The summed E-state index contributed by atoms with van der Waals surface area (Å²) in [5.41, 5.74) is 30.4. The Morgan fingerprint density at radius 1 is 0.286 bits per heavy atom. The van der Waals surface area contributed by atoms with E-state index in [2.05, 4.69) is 284 Å². The first kappa shape index (κ1) is 103. The number of rotatable bonds is 17. The van der Waals surface area contributed by atoms with E-state index in [4.69, 9.17) is 15.0 Å². The smallest absolute Gasteiger partial charge is 0.129 e. The van der Waals surface area contributed by atoms with Gasteiger partial charge in [-0.05, 0) is 159 Å². The molecule has 0 bridgehead atoms. The zero-order valence-corrected chi connectivity index (χ0v) is 87.9. The molecule has 0 N–H and O–H groups in total. The van der Waals surface area contributed by atoms with E-state index in [-0.39, 0.29) is 66.1 Å². The molecular weight excluding hydrogens is 2210 g/mol. The molecule has 6 aromatic heterocycles. The predicted molar refractivity (Wildman–Crippen MR) is 550 cm³/mol. The van der Waals surface area contributed by atoms with Gasteiger partial charge in [0.1, 0.15) is 5.82 Å². The molecule has 0 fully saturated rings. The van der Waals surface area contributed by atoms with Crippen LogP contribution < -0.4 is 15.6 Å². The summed E-state index contributed by atoms with van der Waals surface area (Å²) in [6, 6.07) is 137. The van der Waals surface area contributed by atoms with E-state index in [0.29, 0.717) is 17.0 Å². The summed E-state index contributed by atoms with van der Waals surface area (Å²) < 4.78 is 14.2. The molecule has 0 unspecified atom stereocenters. The molecule has 7 nitrogen and oxygen atoms in total. The van der Waals surface area contributed by atoms with Crippen molar-refractivity contribution in [2.24, 2.45) is 5.92 Å². The van der Waals surface area contributed by atoms with Crippen LogP contribution in [-0.4, -0.2) is 54.1 Å². The maximum absolute atomic E-state index is 14.2. The van der Waals surface area contributed by atoms with Crippen molar-refractivity contribution in [2.45, 2.75) is 100.0 Å². The summed E-state index contributed by atoms with van der Waals surface area (Å²) in [4.78, 5) is 27.0. The molecule has 671 valence electrons. The van der Waals surface area contributed by atoms with E-state index in [1.54, 1.807) is 30.7 Å². The Balaban J connectivity index is 0.000000173. The Morgan fingerprint density at radius 3 is 1.00 bits per heavy atom. The number of hydrogen-bond donors (Lipinski definition) is 0. The predicted octanol–water partition coefficient (Wildman–Crippen LogP) is 29.1. The maximum atomic E-state index is 14.2. The van der Waals surface area contributed by atoms with Crippen molar-refractivity contribution in [1.82, 2.24) is 29.9 Å². The minimum Gasteiger partial charge on any atom is -0.305 e. The van der Waals surface area contributed by atoms with Crippen LogP contribution in [0.1, 0.15) is 41.7 Å². The van der Waals surface area contributed by atoms with Gasteiger partial charge in [-0.15, -0.1) is 208 Å². The monoisotopic (exact) mass is 2320 g/mol. The van der Waals surface area contributed by atoms with E-state index >= 15 is 0 Å². The number of aromatic nitrogens is 6. The fourth-order valence-corrected chi connectivity index (χ4v) is 18.4. The van der Waals surface area contributed by atoms with Gasteiger partial charge in [0.05, 0.1) is 35.9 Å². The van der Waals surface area contributed by atoms with Gasteiger partial charge in [-0.2, -0.15) is 5.26 Å². The summed E-state index contributed by atoms with van der Waals surface area (Å²) in [5.74, 6) is 0.315. The van der Waals surface area contributed by atoms with Crippen molar-refractivity contribution in [3.05, 3.63) is 453 Å². The van der Waals surface area contributed by atoms with Gasteiger partial charge in [-0.1, -0.05) is 276 Å². The Kier molecular flexibility index (Phi) is 38.1. The van der Waals surface area contributed by atoms with Crippen molar-refractivity contribution in [2.75, 3.05) is 0 Å². The number of benzene rings is 12. The topological polar surface area (TPSA) is 101 Å². The van der Waals surface area contributed by atoms with Crippen molar-refractivity contribution in [1.29, 1.82) is 5.26 Å². The van der Waals surface area contributed by atoms with Crippen LogP contribution >= 0.6 is 0 Å². The van der Waals surface area contributed by atoms with Gasteiger partial charge in [0.2, 0.25) is 0 Å². The van der Waals surface area contributed by atoms with Crippen LogP contribution in [0.3, 0.4) is 0 Å². The summed E-state index contributed by atoms with van der Waals surface area (Å²) in [6.45, 7) is 32.3. The fourth-order valence-electron chi connectivity index (χ4n) is 14.9. The first-order valence-corrected chi connectivity index (χ1v) is 54.6. The van der Waals surface area contributed by atoms with Crippen LogP contribution in [0.25, 0.3) is 134 Å². The van der Waals surface area contributed by atoms with E-state index in [0.717, 1.165) is 102 Å². The minimum absolute atomic E-state index is 0. The Labute approximate surface area is 831 Å². The number of nitrogens with zero attached hydrogens (tertiary/aromatic N) is 7. The minimum atomic E-state index is -1.33. The van der Waals surface area contributed by atoms with Crippen molar-refractivity contribution >= 4 is 39.8 Å². The van der Waals surface area contributed by atoms with Crippen LogP contribution in [-0.2, 0) is 66.7 Å². The molecule has 18 aromatic rings. The third-order valence-corrected chi connectivity index (χ3v) is 28.4. The van der Waals surface area contributed by atoms with Gasteiger partial charge in [-0.25, -0.2) is 4.39 Å². The molecule has 14 heteroatoms. The Bertz CT molecular complexity index is 6270. The Morgan fingerprint density at radius 2 is 0.632 bits per heavy atom. The third-order valence-electron chi connectivity index (χ3n) is 22.2. The summed E-state index contributed by atoms with van der Waals surface area (Å²) in [6.07, 6.45) is 12.3. The second-order valence-electron chi connectivity index (χ2n) is 35.5. The molecule has 0 aliphatic carbocycles. The molecular formula is C119H108FIr3N7Si3-6. The van der Waals surface area contributed by atoms with Crippen LogP contribution in [0, 0.1) is 80.2 Å². The zero-order valence-electron chi connectivity index (χ0n) is 77.7. The summed E-state index contributed by atoms with van der Waals surface area (Å²) >= 11 is 0. The van der Waals surface area contributed by atoms with Crippen molar-refractivity contribution in [3.63, 3.8) is 0 Å². The van der Waals surface area contributed by atoms with E-state index in [1.807, 2.05) is 213 Å².